The van der Waals surface area contributed by atoms with Crippen molar-refractivity contribution in [2.75, 3.05) is 19.8 Å². The Bertz CT molecular complexity index is 1160. The molecular formula is C27H36Cl2N2O7. The van der Waals surface area contributed by atoms with Gasteiger partial charge in [-0.05, 0) is 55.5 Å². The lowest BCUT2D eigenvalue weighted by Crippen LogP contribution is -2.23. The third-order valence-corrected chi connectivity index (χ3v) is 6.59. The minimum absolute atomic E-state index is 0.0117. The minimum Gasteiger partial charge on any atom is -0.480 e. The molecule has 0 aliphatic heterocycles. The van der Waals surface area contributed by atoms with Gasteiger partial charge in [-0.25, -0.2) is 4.79 Å². The number of Topliss-reactive ketones (excluding diaryl/α,β-unsaturated/α-hetero) is 1. The van der Waals surface area contributed by atoms with E-state index in [0.29, 0.717) is 24.5 Å². The van der Waals surface area contributed by atoms with E-state index < -0.39 is 12.6 Å². The summed E-state index contributed by atoms with van der Waals surface area (Å²) in [7, 11) is 0. The molecule has 0 radical (unpaired) electrons. The van der Waals surface area contributed by atoms with Gasteiger partial charge in [-0.3, -0.25) is 9.59 Å². The van der Waals surface area contributed by atoms with Crippen molar-refractivity contribution in [3.8, 4) is 5.75 Å². The number of halogens is 2. The van der Waals surface area contributed by atoms with Gasteiger partial charge in [0.15, 0.2) is 12.4 Å². The van der Waals surface area contributed by atoms with Crippen molar-refractivity contribution in [3.63, 3.8) is 0 Å². The molecule has 2 aromatic rings. The number of hydrogen-bond acceptors (Lipinski definition) is 7. The van der Waals surface area contributed by atoms with Gasteiger partial charge < -0.3 is 25.9 Å². The summed E-state index contributed by atoms with van der Waals surface area (Å²) in [5, 5.41) is 26.0. The van der Waals surface area contributed by atoms with Crippen molar-refractivity contribution < 1.29 is 29.7 Å². The molecule has 5 N–H and O–H groups in total. The molecule has 3 rings (SSSR count). The van der Waals surface area contributed by atoms with Crippen molar-refractivity contribution >= 4 is 35.0 Å². The Morgan fingerprint density at radius 1 is 1.16 bits per heavy atom. The van der Waals surface area contributed by atoms with Crippen molar-refractivity contribution in [3.05, 3.63) is 73.6 Å². The number of aliphatic hydroxyl groups excluding tert-OH is 1. The van der Waals surface area contributed by atoms with Crippen LogP contribution in [-0.2, 0) is 4.79 Å². The summed E-state index contributed by atoms with van der Waals surface area (Å²) in [5.74, 6) is -0.949. The van der Waals surface area contributed by atoms with E-state index in [-0.39, 0.29) is 39.3 Å². The smallest absolute Gasteiger partial charge is 0.341 e. The molecule has 0 amide bonds. The van der Waals surface area contributed by atoms with E-state index in [1.165, 1.54) is 37.5 Å². The summed E-state index contributed by atoms with van der Waals surface area (Å²) in [4.78, 5) is 33.8. The number of ketones is 1. The number of ether oxygens (including phenoxy) is 1. The van der Waals surface area contributed by atoms with Gasteiger partial charge in [0, 0.05) is 24.1 Å². The Kier molecular flexibility index (Phi) is 14.7. The number of pyridine rings is 1. The molecule has 210 valence electrons. The Morgan fingerprint density at radius 2 is 1.76 bits per heavy atom. The third kappa shape index (κ3) is 10.1. The quantitative estimate of drug-likeness (QED) is 0.197. The maximum absolute atomic E-state index is 11.9. The molecule has 0 saturated heterocycles. The van der Waals surface area contributed by atoms with Gasteiger partial charge in [-0.2, -0.15) is 4.73 Å². The van der Waals surface area contributed by atoms with Crippen LogP contribution in [0, 0.1) is 6.92 Å². The van der Waals surface area contributed by atoms with Crippen molar-refractivity contribution in [1.29, 1.82) is 0 Å². The highest BCUT2D eigenvalue weighted by Crippen LogP contribution is 2.36. The Balaban J connectivity index is 0.000000339. The number of benzene rings is 1. The van der Waals surface area contributed by atoms with Gasteiger partial charge in [-0.1, -0.05) is 56.0 Å². The first-order valence-corrected chi connectivity index (χ1v) is 13.0. The molecule has 1 heterocycles. The number of allylic oxidation sites excluding steroid dienone is 1. The largest absolute Gasteiger partial charge is 0.480 e. The van der Waals surface area contributed by atoms with E-state index in [0.717, 1.165) is 28.8 Å². The number of carbonyl (C=O) groups is 2. The molecule has 0 atom stereocenters. The van der Waals surface area contributed by atoms with Gasteiger partial charge >= 0.3 is 5.97 Å². The van der Waals surface area contributed by atoms with Crippen LogP contribution < -0.4 is 16.0 Å². The Hall–Kier alpha value is -2.85. The number of hydrogen-bond donors (Lipinski definition) is 4. The van der Waals surface area contributed by atoms with Gasteiger partial charge in [0.1, 0.15) is 10.8 Å². The summed E-state index contributed by atoms with van der Waals surface area (Å²) >= 11 is 11.9. The SMILES string of the molecule is C=C(CC)C(=O)c1ccc(OCC(=O)O)c(Cl)c1Cl.Cc1cc(C2CCCCC2)n(O)c(=O)c1.NCCO. The van der Waals surface area contributed by atoms with Crippen LogP contribution in [0.15, 0.2) is 41.2 Å². The molecule has 38 heavy (non-hydrogen) atoms. The fourth-order valence-electron chi connectivity index (χ4n) is 3.72. The fourth-order valence-corrected chi connectivity index (χ4v) is 4.18. The fraction of sp³-hybridized carbons (Fsp3) is 0.444. The van der Waals surface area contributed by atoms with Gasteiger partial charge in [0.2, 0.25) is 0 Å². The predicted molar refractivity (Wildman–Crippen MR) is 148 cm³/mol. The molecule has 0 unspecified atom stereocenters. The Labute approximate surface area is 232 Å². The highest BCUT2D eigenvalue weighted by Gasteiger charge is 2.20. The lowest BCUT2D eigenvalue weighted by Gasteiger charge is -2.22. The number of nitrogens with zero attached hydrogens (tertiary/aromatic N) is 1. The molecule has 0 spiro atoms. The van der Waals surface area contributed by atoms with E-state index >= 15 is 0 Å². The predicted octanol–water partition coefficient (Wildman–Crippen LogP) is 4.98. The molecule has 1 aromatic carbocycles. The standard InChI is InChI=1S/C13H12Cl2O4.C12H17NO2.C2H7NO/c1-3-7(2)13(18)8-4-5-9(12(15)11(8)14)19-6-10(16)17;1-9-7-11(13(15)12(14)8-9)10-5-3-2-4-6-10;3-1-2-4/h4-5H,2-3,6H2,1H3,(H,16,17);7-8,10,15H,2-6H2,1H3;4H,1-3H2. The normalized spacial score (nSPS) is 12.9. The minimum atomic E-state index is -1.13. The summed E-state index contributed by atoms with van der Waals surface area (Å²) < 4.78 is 5.77. The lowest BCUT2D eigenvalue weighted by atomic mass is 9.86. The first-order valence-electron chi connectivity index (χ1n) is 12.3. The molecule has 1 saturated carbocycles. The number of carboxylic acid groups (broad SMARTS) is 1. The van der Waals surface area contributed by atoms with E-state index in [1.54, 1.807) is 6.92 Å². The molecule has 1 aromatic heterocycles. The van der Waals surface area contributed by atoms with Gasteiger partial charge in [0.05, 0.1) is 17.3 Å². The van der Waals surface area contributed by atoms with Crippen molar-refractivity contribution in [2.24, 2.45) is 5.73 Å². The maximum Gasteiger partial charge on any atom is 0.341 e. The number of aromatic nitrogens is 1. The number of rotatable bonds is 8. The average molecular weight is 571 g/mol. The molecule has 9 nitrogen and oxygen atoms in total. The number of carboxylic acids is 1. The average Bonchev–Trinajstić information content (AvgIpc) is 2.91. The number of aliphatic carboxylic acids is 1. The number of aryl methyl sites for hydroxylation is 1. The summed E-state index contributed by atoms with van der Waals surface area (Å²) in [5.41, 5.74) is 6.83. The van der Waals surface area contributed by atoms with Crippen LogP contribution in [0.3, 0.4) is 0 Å². The lowest BCUT2D eigenvalue weighted by molar-refractivity contribution is -0.139. The van der Waals surface area contributed by atoms with Crippen LogP contribution in [0.1, 0.15) is 73.0 Å². The summed E-state index contributed by atoms with van der Waals surface area (Å²) in [6.45, 7) is 7.28. The molecular weight excluding hydrogens is 535 g/mol. The summed E-state index contributed by atoms with van der Waals surface area (Å²) in [6, 6.07) is 6.24. The molecule has 0 bridgehead atoms. The second-order valence-electron chi connectivity index (χ2n) is 8.66. The molecule has 11 heteroatoms. The summed E-state index contributed by atoms with van der Waals surface area (Å²) in [6.07, 6.45) is 6.36. The van der Waals surface area contributed by atoms with Gasteiger partial charge in [0.25, 0.3) is 5.56 Å². The number of aliphatic hydroxyl groups is 1. The molecule has 1 aliphatic carbocycles. The number of nitrogens with two attached hydrogens (primary N) is 1. The molecule has 1 aliphatic rings. The molecule has 1 fully saturated rings. The third-order valence-electron chi connectivity index (χ3n) is 5.72. The monoisotopic (exact) mass is 570 g/mol. The van der Waals surface area contributed by atoms with Crippen LogP contribution in [0.4, 0.5) is 0 Å². The zero-order valence-corrected chi connectivity index (χ0v) is 23.2. The van der Waals surface area contributed by atoms with Crippen molar-refractivity contribution in [1.82, 2.24) is 4.73 Å². The van der Waals surface area contributed by atoms with Crippen LogP contribution in [0.2, 0.25) is 10.0 Å². The number of carbonyl (C=O) groups excluding carboxylic acids is 1. The second-order valence-corrected chi connectivity index (χ2v) is 9.42. The van der Waals surface area contributed by atoms with E-state index in [2.05, 4.69) is 6.58 Å². The highest BCUT2D eigenvalue weighted by atomic mass is 35.5. The second kappa shape index (κ2) is 16.9. The van der Waals surface area contributed by atoms with Crippen LogP contribution in [0.25, 0.3) is 0 Å². The van der Waals surface area contributed by atoms with Crippen molar-refractivity contribution in [2.45, 2.75) is 58.3 Å². The van der Waals surface area contributed by atoms with Crippen LogP contribution >= 0.6 is 23.2 Å². The topological polar surface area (TPSA) is 152 Å². The van der Waals surface area contributed by atoms with Crippen LogP contribution in [0.5, 0.6) is 5.75 Å². The zero-order chi connectivity index (χ0) is 28.8. The van der Waals surface area contributed by atoms with Gasteiger partial charge in [-0.15, -0.1) is 0 Å². The van der Waals surface area contributed by atoms with E-state index in [1.807, 2.05) is 13.0 Å². The van der Waals surface area contributed by atoms with E-state index in [4.69, 9.17) is 43.9 Å². The Morgan fingerprint density at radius 3 is 2.29 bits per heavy atom. The first kappa shape index (κ1) is 33.2. The maximum atomic E-state index is 11.9. The van der Waals surface area contributed by atoms with Crippen LogP contribution in [-0.4, -0.2) is 51.7 Å². The first-order chi connectivity index (χ1) is 18.0. The van der Waals surface area contributed by atoms with E-state index in [9.17, 15) is 19.6 Å². The highest BCUT2D eigenvalue weighted by molar-refractivity contribution is 6.45. The zero-order valence-electron chi connectivity index (χ0n) is 21.7.